The molecule has 0 bridgehead atoms. The molecule has 1 aromatic heterocycles. The number of oxazole rings is 1. The maximum Gasteiger partial charge on any atom is 0.264 e. The zero-order valence-electron chi connectivity index (χ0n) is 16.8. The SMILES string of the molecule is O=C(c1nc2ccccc2o1)C(CCNS(=O)(=O)Cc1ccccc1)c1ccccc1. The average Bonchev–Trinajstić information content (AvgIpc) is 3.22. The summed E-state index contributed by atoms with van der Waals surface area (Å²) in [4.78, 5) is 17.5. The van der Waals surface area contributed by atoms with E-state index in [2.05, 4.69) is 9.71 Å². The molecule has 0 saturated carbocycles. The van der Waals surface area contributed by atoms with Crippen molar-refractivity contribution in [1.29, 1.82) is 0 Å². The van der Waals surface area contributed by atoms with Crippen LogP contribution in [0.4, 0.5) is 0 Å². The highest BCUT2D eigenvalue weighted by molar-refractivity contribution is 7.88. The van der Waals surface area contributed by atoms with Crippen LogP contribution >= 0.6 is 0 Å². The van der Waals surface area contributed by atoms with Crippen molar-refractivity contribution >= 4 is 26.9 Å². The summed E-state index contributed by atoms with van der Waals surface area (Å²) in [7, 11) is -3.52. The quantitative estimate of drug-likeness (QED) is 0.397. The van der Waals surface area contributed by atoms with Crippen LogP contribution in [0.25, 0.3) is 11.1 Å². The molecule has 6 nitrogen and oxygen atoms in total. The number of carbonyl (C=O) groups is 1. The minimum absolute atomic E-state index is 0.0298. The van der Waals surface area contributed by atoms with E-state index < -0.39 is 15.9 Å². The Balaban J connectivity index is 1.50. The van der Waals surface area contributed by atoms with Crippen molar-refractivity contribution in [3.63, 3.8) is 0 Å². The van der Waals surface area contributed by atoms with Gasteiger partial charge in [-0.25, -0.2) is 18.1 Å². The fraction of sp³-hybridized carbons (Fsp3) is 0.167. The van der Waals surface area contributed by atoms with Crippen molar-refractivity contribution < 1.29 is 17.6 Å². The van der Waals surface area contributed by atoms with Gasteiger partial charge >= 0.3 is 0 Å². The molecule has 0 fully saturated rings. The molecule has 4 aromatic rings. The van der Waals surface area contributed by atoms with Crippen molar-refractivity contribution in [3.05, 3.63) is 102 Å². The highest BCUT2D eigenvalue weighted by atomic mass is 32.2. The van der Waals surface area contributed by atoms with E-state index in [-0.39, 0.29) is 30.4 Å². The summed E-state index contributed by atoms with van der Waals surface area (Å²) in [6.07, 6.45) is 0.287. The van der Waals surface area contributed by atoms with Crippen LogP contribution in [0, 0.1) is 0 Å². The summed E-state index contributed by atoms with van der Waals surface area (Å²) in [5, 5.41) is 0. The number of hydrogen-bond donors (Lipinski definition) is 1. The van der Waals surface area contributed by atoms with Gasteiger partial charge in [0.25, 0.3) is 5.89 Å². The molecule has 0 radical (unpaired) electrons. The third-order valence-corrected chi connectivity index (χ3v) is 6.33. The van der Waals surface area contributed by atoms with Gasteiger partial charge in [-0.15, -0.1) is 0 Å². The van der Waals surface area contributed by atoms with E-state index in [1.165, 1.54) is 0 Å². The Bertz CT molecular complexity index is 1240. The molecule has 7 heteroatoms. The second-order valence-corrected chi connectivity index (χ2v) is 9.05. The molecule has 158 valence electrons. The van der Waals surface area contributed by atoms with Gasteiger partial charge in [0.05, 0.1) is 11.7 Å². The van der Waals surface area contributed by atoms with Gasteiger partial charge in [0.15, 0.2) is 5.58 Å². The van der Waals surface area contributed by atoms with Gasteiger partial charge < -0.3 is 4.42 Å². The van der Waals surface area contributed by atoms with Crippen LogP contribution in [0.2, 0.25) is 0 Å². The number of rotatable bonds is 9. The first-order valence-corrected chi connectivity index (χ1v) is 11.6. The van der Waals surface area contributed by atoms with Gasteiger partial charge in [0, 0.05) is 6.54 Å². The van der Waals surface area contributed by atoms with E-state index in [1.54, 1.807) is 36.4 Å². The van der Waals surface area contributed by atoms with Gasteiger partial charge in [-0.3, -0.25) is 4.79 Å². The predicted octanol–water partition coefficient (Wildman–Crippen LogP) is 4.30. The van der Waals surface area contributed by atoms with E-state index in [9.17, 15) is 13.2 Å². The van der Waals surface area contributed by atoms with Gasteiger partial charge in [0.2, 0.25) is 15.8 Å². The number of nitrogens with zero attached hydrogens (tertiary/aromatic N) is 1. The first-order chi connectivity index (χ1) is 15.0. The van der Waals surface area contributed by atoms with Crippen LogP contribution in [-0.2, 0) is 15.8 Å². The largest absolute Gasteiger partial charge is 0.434 e. The number of benzene rings is 3. The zero-order chi connectivity index (χ0) is 21.7. The fourth-order valence-electron chi connectivity index (χ4n) is 3.46. The highest BCUT2D eigenvalue weighted by Gasteiger charge is 2.27. The van der Waals surface area contributed by atoms with Crippen LogP contribution in [-0.4, -0.2) is 25.7 Å². The van der Waals surface area contributed by atoms with E-state index in [4.69, 9.17) is 4.42 Å². The van der Waals surface area contributed by atoms with Gasteiger partial charge in [0.1, 0.15) is 5.52 Å². The summed E-state index contributed by atoms with van der Waals surface area (Å²) in [6.45, 7) is 0.126. The normalized spacial score (nSPS) is 12.6. The molecule has 0 aliphatic heterocycles. The Labute approximate surface area is 181 Å². The Morgan fingerprint density at radius 1 is 0.903 bits per heavy atom. The molecule has 31 heavy (non-hydrogen) atoms. The standard InChI is InChI=1S/C24H22N2O4S/c27-23(24-26-21-13-7-8-14-22(21)30-24)20(19-11-5-2-6-12-19)15-16-25-31(28,29)17-18-9-3-1-4-10-18/h1-14,20,25H,15-17H2. The molecule has 4 rings (SSSR count). The minimum Gasteiger partial charge on any atom is -0.434 e. The molecule has 1 atom stereocenters. The number of ketones is 1. The Morgan fingerprint density at radius 3 is 2.26 bits per heavy atom. The third kappa shape index (κ3) is 5.25. The summed E-state index contributed by atoms with van der Waals surface area (Å²) < 4.78 is 33.2. The average molecular weight is 435 g/mol. The number of hydrogen-bond acceptors (Lipinski definition) is 5. The predicted molar refractivity (Wildman–Crippen MR) is 119 cm³/mol. The number of para-hydroxylation sites is 2. The molecular formula is C24H22N2O4S. The summed E-state index contributed by atoms with van der Waals surface area (Å²) in [5.74, 6) is -0.927. The molecule has 0 aliphatic rings. The van der Waals surface area contributed by atoms with E-state index in [1.807, 2.05) is 48.5 Å². The molecule has 1 heterocycles. The first-order valence-electron chi connectivity index (χ1n) is 9.98. The molecular weight excluding hydrogens is 412 g/mol. The van der Waals surface area contributed by atoms with Crippen molar-refractivity contribution in [1.82, 2.24) is 9.71 Å². The number of aromatic nitrogens is 1. The second kappa shape index (κ2) is 9.24. The smallest absolute Gasteiger partial charge is 0.264 e. The number of Topliss-reactive ketones (excluding diaryl/α,β-unsaturated/α-hetero) is 1. The highest BCUT2D eigenvalue weighted by Crippen LogP contribution is 2.26. The topological polar surface area (TPSA) is 89.3 Å². The lowest BCUT2D eigenvalue weighted by Crippen LogP contribution is -2.28. The molecule has 0 amide bonds. The molecule has 0 aliphatic carbocycles. The van der Waals surface area contributed by atoms with Crippen LogP contribution < -0.4 is 4.72 Å². The monoisotopic (exact) mass is 434 g/mol. The van der Waals surface area contributed by atoms with Crippen LogP contribution in [0.3, 0.4) is 0 Å². The summed E-state index contributed by atoms with van der Waals surface area (Å²) in [5.41, 5.74) is 2.65. The van der Waals surface area contributed by atoms with E-state index in [0.717, 1.165) is 5.56 Å². The van der Waals surface area contributed by atoms with E-state index in [0.29, 0.717) is 16.7 Å². The second-order valence-electron chi connectivity index (χ2n) is 7.24. The first kappa shape index (κ1) is 21.0. The summed E-state index contributed by atoms with van der Waals surface area (Å²) in [6, 6.07) is 25.4. The number of nitrogens with one attached hydrogen (secondary N) is 1. The molecule has 1 N–H and O–H groups in total. The lowest BCUT2D eigenvalue weighted by atomic mass is 9.91. The Hall–Kier alpha value is -3.29. The maximum absolute atomic E-state index is 13.2. The number of sulfonamides is 1. The number of carbonyl (C=O) groups excluding carboxylic acids is 1. The maximum atomic E-state index is 13.2. The molecule has 0 saturated heterocycles. The van der Waals surface area contributed by atoms with Gasteiger partial charge in [-0.05, 0) is 29.7 Å². The van der Waals surface area contributed by atoms with Crippen molar-refractivity contribution in [2.45, 2.75) is 18.1 Å². The summed E-state index contributed by atoms with van der Waals surface area (Å²) >= 11 is 0. The van der Waals surface area contributed by atoms with Gasteiger partial charge in [-0.1, -0.05) is 72.8 Å². The van der Waals surface area contributed by atoms with Crippen LogP contribution in [0.15, 0.2) is 89.3 Å². The fourth-order valence-corrected chi connectivity index (χ4v) is 4.63. The van der Waals surface area contributed by atoms with Crippen LogP contribution in [0.5, 0.6) is 0 Å². The number of fused-ring (bicyclic) bond motifs is 1. The minimum atomic E-state index is -3.52. The Morgan fingerprint density at radius 2 is 1.55 bits per heavy atom. The lowest BCUT2D eigenvalue weighted by Gasteiger charge is -2.15. The molecule has 3 aromatic carbocycles. The van der Waals surface area contributed by atoms with Gasteiger partial charge in [-0.2, -0.15) is 0 Å². The van der Waals surface area contributed by atoms with E-state index >= 15 is 0 Å². The van der Waals surface area contributed by atoms with Crippen LogP contribution in [0.1, 0.15) is 34.2 Å². The van der Waals surface area contributed by atoms with Crippen molar-refractivity contribution in [2.75, 3.05) is 6.54 Å². The lowest BCUT2D eigenvalue weighted by molar-refractivity contribution is 0.0923. The molecule has 0 spiro atoms. The Kier molecular flexibility index (Phi) is 6.25. The molecule has 1 unspecified atom stereocenters. The van der Waals surface area contributed by atoms with Crippen molar-refractivity contribution in [2.24, 2.45) is 0 Å². The zero-order valence-corrected chi connectivity index (χ0v) is 17.6. The third-order valence-electron chi connectivity index (χ3n) is 4.98. The van der Waals surface area contributed by atoms with Crippen molar-refractivity contribution in [3.8, 4) is 0 Å².